The monoisotopic (exact) mass is 311 g/mol. The molecule has 0 spiro atoms. The predicted octanol–water partition coefficient (Wildman–Crippen LogP) is 3.17. The minimum Gasteiger partial charge on any atom is -0.508 e. The van der Waals surface area contributed by atoms with Gasteiger partial charge in [0, 0.05) is 12.1 Å². The van der Waals surface area contributed by atoms with Crippen LogP contribution in [-0.2, 0) is 11.0 Å². The first-order valence-corrected chi connectivity index (χ1v) is 10.3. The van der Waals surface area contributed by atoms with Gasteiger partial charge in [0.2, 0.25) is 0 Å². The molecule has 1 aromatic rings. The maximum atomic E-state index is 10.0. The summed E-state index contributed by atoms with van der Waals surface area (Å²) in [6.07, 6.45) is -0.581. The quantitative estimate of drug-likeness (QED) is 0.706. The molecule has 0 radical (unpaired) electrons. The van der Waals surface area contributed by atoms with Crippen LogP contribution in [0.3, 0.4) is 0 Å². The Balaban J connectivity index is 2.86. The molecule has 1 rings (SSSR count). The number of phenolic OH excluding ortho intramolecular Hbond substituents is 1. The van der Waals surface area contributed by atoms with Crippen LogP contribution in [0.4, 0.5) is 0 Å². The topological polar surface area (TPSA) is 61.7 Å². The lowest BCUT2D eigenvalue weighted by atomic mass is 10.1. The van der Waals surface area contributed by atoms with Crippen LogP contribution in [-0.4, -0.2) is 32.1 Å². The average Bonchev–Trinajstić information content (AvgIpc) is 2.36. The number of aliphatic hydroxyl groups is 1. The molecule has 1 aromatic carbocycles. The number of nitrogens with one attached hydrogen (secondary N) is 1. The molecule has 0 saturated carbocycles. The molecule has 0 aliphatic rings. The van der Waals surface area contributed by atoms with Gasteiger partial charge in [0.15, 0.2) is 8.32 Å². The fourth-order valence-corrected chi connectivity index (χ4v) is 2.66. The van der Waals surface area contributed by atoms with E-state index in [1.54, 1.807) is 19.2 Å². The SMILES string of the molecule is CNC[C@H](O)c1ccc(O)c(CO[Si](C)(C)C(C)(C)C)c1. The number of hydrogen-bond donors (Lipinski definition) is 3. The molecule has 0 saturated heterocycles. The van der Waals surface area contributed by atoms with E-state index in [2.05, 4.69) is 39.2 Å². The van der Waals surface area contributed by atoms with Gasteiger partial charge in [-0.15, -0.1) is 0 Å². The lowest BCUT2D eigenvalue weighted by Gasteiger charge is -2.36. The zero-order chi connectivity index (χ0) is 16.3. The van der Waals surface area contributed by atoms with Crippen LogP contribution in [0.2, 0.25) is 18.1 Å². The van der Waals surface area contributed by atoms with Gasteiger partial charge in [-0.05, 0) is 42.9 Å². The summed E-state index contributed by atoms with van der Waals surface area (Å²) in [7, 11) is -0.0596. The molecule has 21 heavy (non-hydrogen) atoms. The number of aromatic hydroxyl groups is 1. The highest BCUT2D eigenvalue weighted by molar-refractivity contribution is 6.74. The molecular formula is C16H29NO3Si. The van der Waals surface area contributed by atoms with Gasteiger partial charge in [0.05, 0.1) is 12.7 Å². The van der Waals surface area contributed by atoms with Crippen molar-refractivity contribution in [2.45, 2.75) is 51.6 Å². The summed E-state index contributed by atoms with van der Waals surface area (Å²) in [5, 5.41) is 23.1. The summed E-state index contributed by atoms with van der Waals surface area (Å²) in [6, 6.07) is 5.19. The second-order valence-corrected chi connectivity index (χ2v) is 11.8. The largest absolute Gasteiger partial charge is 0.508 e. The van der Waals surface area contributed by atoms with Gasteiger partial charge in [-0.25, -0.2) is 0 Å². The Hall–Kier alpha value is -0.883. The van der Waals surface area contributed by atoms with Gasteiger partial charge >= 0.3 is 0 Å². The molecule has 0 heterocycles. The smallest absolute Gasteiger partial charge is 0.192 e. The van der Waals surface area contributed by atoms with E-state index < -0.39 is 14.4 Å². The van der Waals surface area contributed by atoms with Gasteiger partial charge in [0.1, 0.15) is 5.75 Å². The highest BCUT2D eigenvalue weighted by Gasteiger charge is 2.37. The van der Waals surface area contributed by atoms with Crippen molar-refractivity contribution in [1.29, 1.82) is 0 Å². The molecular weight excluding hydrogens is 282 g/mol. The zero-order valence-electron chi connectivity index (χ0n) is 14.0. The van der Waals surface area contributed by atoms with Crippen molar-refractivity contribution in [3.05, 3.63) is 29.3 Å². The maximum absolute atomic E-state index is 10.0. The molecule has 120 valence electrons. The summed E-state index contributed by atoms with van der Waals surface area (Å²) in [5.41, 5.74) is 1.52. The van der Waals surface area contributed by atoms with E-state index >= 15 is 0 Å². The molecule has 0 bridgehead atoms. The minimum absolute atomic E-state index is 0.131. The summed E-state index contributed by atoms with van der Waals surface area (Å²) in [4.78, 5) is 0. The molecule has 0 aliphatic carbocycles. The molecule has 4 nitrogen and oxygen atoms in total. The van der Waals surface area contributed by atoms with E-state index in [-0.39, 0.29) is 10.8 Å². The van der Waals surface area contributed by atoms with Crippen molar-refractivity contribution < 1.29 is 14.6 Å². The van der Waals surface area contributed by atoms with Gasteiger partial charge in [-0.3, -0.25) is 0 Å². The van der Waals surface area contributed by atoms with Crippen molar-refractivity contribution in [3.63, 3.8) is 0 Å². The Morgan fingerprint density at radius 3 is 2.43 bits per heavy atom. The lowest BCUT2D eigenvalue weighted by Crippen LogP contribution is -2.40. The van der Waals surface area contributed by atoms with Gasteiger partial charge < -0.3 is 20.0 Å². The predicted molar refractivity (Wildman–Crippen MR) is 89.0 cm³/mol. The second-order valence-electron chi connectivity index (χ2n) is 7.01. The number of aliphatic hydroxyl groups excluding tert-OH is 1. The van der Waals surface area contributed by atoms with Crippen LogP contribution >= 0.6 is 0 Å². The molecule has 5 heteroatoms. The van der Waals surface area contributed by atoms with Gasteiger partial charge in [0.25, 0.3) is 0 Å². The van der Waals surface area contributed by atoms with Crippen LogP contribution in [0.1, 0.15) is 38.0 Å². The highest BCUT2D eigenvalue weighted by Crippen LogP contribution is 2.37. The number of hydrogen-bond acceptors (Lipinski definition) is 4. The normalized spacial score (nSPS) is 14.2. The van der Waals surface area contributed by atoms with Crippen molar-refractivity contribution in [2.24, 2.45) is 0 Å². The Labute approximate surface area is 129 Å². The Morgan fingerprint density at radius 1 is 1.29 bits per heavy atom. The van der Waals surface area contributed by atoms with Gasteiger partial charge in [-0.1, -0.05) is 26.8 Å². The summed E-state index contributed by atoms with van der Waals surface area (Å²) < 4.78 is 6.14. The van der Waals surface area contributed by atoms with Crippen molar-refractivity contribution in [2.75, 3.05) is 13.6 Å². The molecule has 3 N–H and O–H groups in total. The van der Waals surface area contributed by atoms with E-state index in [9.17, 15) is 10.2 Å². The first-order valence-electron chi connectivity index (χ1n) is 7.37. The van der Waals surface area contributed by atoms with Crippen LogP contribution < -0.4 is 5.32 Å². The number of rotatable bonds is 6. The fraction of sp³-hybridized carbons (Fsp3) is 0.625. The maximum Gasteiger partial charge on any atom is 0.192 e. The van der Waals surface area contributed by atoms with Crippen molar-refractivity contribution in [1.82, 2.24) is 5.32 Å². The summed E-state index contributed by atoms with van der Waals surface area (Å²) in [5.74, 6) is 0.217. The zero-order valence-corrected chi connectivity index (χ0v) is 15.0. The third-order valence-electron chi connectivity index (χ3n) is 4.28. The van der Waals surface area contributed by atoms with Gasteiger partial charge in [-0.2, -0.15) is 0 Å². The molecule has 0 aromatic heterocycles. The standard InChI is InChI=1S/C16H29NO3Si/c1-16(2,3)21(5,6)20-11-13-9-12(7-8-14(13)18)15(19)10-17-4/h7-9,15,17-19H,10-11H2,1-6H3/t15-/m0/s1. The summed E-state index contributed by atoms with van der Waals surface area (Å²) >= 11 is 0. The Morgan fingerprint density at radius 2 is 1.90 bits per heavy atom. The molecule has 0 aliphatic heterocycles. The average molecular weight is 311 g/mol. The van der Waals surface area contributed by atoms with E-state index in [1.165, 1.54) is 0 Å². The van der Waals surface area contributed by atoms with E-state index in [4.69, 9.17) is 4.43 Å². The summed E-state index contributed by atoms with van der Waals surface area (Å²) in [6.45, 7) is 11.8. The lowest BCUT2D eigenvalue weighted by molar-refractivity contribution is 0.177. The molecule has 0 unspecified atom stereocenters. The Kier molecular flexibility index (Phi) is 5.98. The number of phenols is 1. The Bertz CT molecular complexity index is 469. The molecule has 0 amide bonds. The van der Waals surface area contributed by atoms with E-state index in [0.717, 1.165) is 11.1 Å². The minimum atomic E-state index is -1.86. The van der Waals surface area contributed by atoms with Crippen molar-refractivity contribution in [3.8, 4) is 5.75 Å². The third kappa shape index (κ3) is 4.81. The van der Waals surface area contributed by atoms with E-state index in [1.807, 2.05) is 6.07 Å². The third-order valence-corrected chi connectivity index (χ3v) is 8.76. The number of likely N-dealkylation sites (N-methyl/N-ethyl adjacent to an activating group) is 1. The van der Waals surface area contributed by atoms with Crippen LogP contribution in [0.25, 0.3) is 0 Å². The van der Waals surface area contributed by atoms with Crippen LogP contribution in [0.15, 0.2) is 18.2 Å². The van der Waals surface area contributed by atoms with Crippen LogP contribution in [0.5, 0.6) is 5.75 Å². The fourth-order valence-electron chi connectivity index (χ4n) is 1.71. The molecule has 1 atom stereocenters. The van der Waals surface area contributed by atoms with E-state index in [0.29, 0.717) is 13.2 Å². The first kappa shape index (κ1) is 18.2. The first-order chi connectivity index (χ1) is 9.58. The van der Waals surface area contributed by atoms with Crippen molar-refractivity contribution >= 4 is 8.32 Å². The number of benzene rings is 1. The second kappa shape index (κ2) is 6.92. The highest BCUT2D eigenvalue weighted by atomic mass is 28.4. The van der Waals surface area contributed by atoms with Crippen LogP contribution in [0, 0.1) is 0 Å². The molecule has 0 fully saturated rings.